The smallest absolute Gasteiger partial charge is 0.349 e. The fourth-order valence-corrected chi connectivity index (χ4v) is 1.95. The van der Waals surface area contributed by atoms with E-state index >= 15 is 0 Å². The SMILES string of the molecule is CCN(CC)c1ccc(/C=C(\C#N)C(=O)OC(C)C)cc1. The number of benzene rings is 1. The van der Waals surface area contributed by atoms with Gasteiger partial charge in [-0.05, 0) is 51.5 Å². The molecule has 0 fully saturated rings. The molecule has 0 saturated heterocycles. The van der Waals surface area contributed by atoms with E-state index in [9.17, 15) is 4.79 Å². The maximum Gasteiger partial charge on any atom is 0.349 e. The van der Waals surface area contributed by atoms with E-state index < -0.39 is 5.97 Å². The Bertz CT molecular complexity index is 535. The van der Waals surface area contributed by atoms with E-state index in [2.05, 4.69) is 18.7 Å². The van der Waals surface area contributed by atoms with Crippen molar-refractivity contribution in [2.75, 3.05) is 18.0 Å². The van der Waals surface area contributed by atoms with Crippen LogP contribution >= 0.6 is 0 Å². The lowest BCUT2D eigenvalue weighted by Crippen LogP contribution is -2.21. The number of hydrogen-bond acceptors (Lipinski definition) is 4. The Labute approximate surface area is 126 Å². The van der Waals surface area contributed by atoms with Crippen LogP contribution in [0.2, 0.25) is 0 Å². The maximum absolute atomic E-state index is 11.7. The molecule has 0 aromatic heterocycles. The second kappa shape index (κ2) is 8.11. The van der Waals surface area contributed by atoms with Crippen molar-refractivity contribution < 1.29 is 9.53 Å². The summed E-state index contributed by atoms with van der Waals surface area (Å²) < 4.78 is 5.03. The van der Waals surface area contributed by atoms with Crippen molar-refractivity contribution in [3.63, 3.8) is 0 Å². The number of hydrogen-bond donors (Lipinski definition) is 0. The first kappa shape index (κ1) is 16.8. The Morgan fingerprint density at radius 1 is 1.29 bits per heavy atom. The van der Waals surface area contributed by atoms with Crippen molar-refractivity contribution in [1.82, 2.24) is 0 Å². The van der Waals surface area contributed by atoms with Crippen molar-refractivity contribution in [3.05, 3.63) is 35.4 Å². The summed E-state index contributed by atoms with van der Waals surface area (Å²) in [6, 6.07) is 9.66. The molecule has 21 heavy (non-hydrogen) atoms. The molecule has 0 atom stereocenters. The summed E-state index contributed by atoms with van der Waals surface area (Å²) in [4.78, 5) is 14.0. The van der Waals surface area contributed by atoms with Crippen LogP contribution < -0.4 is 4.90 Å². The molecule has 1 aromatic rings. The van der Waals surface area contributed by atoms with Gasteiger partial charge in [-0.15, -0.1) is 0 Å². The highest BCUT2D eigenvalue weighted by Gasteiger charge is 2.12. The topological polar surface area (TPSA) is 53.3 Å². The molecule has 0 bridgehead atoms. The fourth-order valence-electron chi connectivity index (χ4n) is 1.95. The van der Waals surface area contributed by atoms with Gasteiger partial charge < -0.3 is 9.64 Å². The van der Waals surface area contributed by atoms with Crippen molar-refractivity contribution >= 4 is 17.7 Å². The van der Waals surface area contributed by atoms with Gasteiger partial charge in [0.15, 0.2) is 0 Å². The van der Waals surface area contributed by atoms with Crippen LogP contribution in [0.4, 0.5) is 5.69 Å². The van der Waals surface area contributed by atoms with E-state index in [1.165, 1.54) is 0 Å². The lowest BCUT2D eigenvalue weighted by atomic mass is 10.1. The van der Waals surface area contributed by atoms with Gasteiger partial charge in [-0.25, -0.2) is 4.79 Å². The Morgan fingerprint density at radius 3 is 2.29 bits per heavy atom. The van der Waals surface area contributed by atoms with Gasteiger partial charge in [-0.2, -0.15) is 5.26 Å². The van der Waals surface area contributed by atoms with Gasteiger partial charge in [0.05, 0.1) is 6.10 Å². The second-order valence-corrected chi connectivity index (χ2v) is 4.89. The zero-order chi connectivity index (χ0) is 15.8. The molecule has 0 saturated carbocycles. The normalized spacial score (nSPS) is 11.1. The lowest BCUT2D eigenvalue weighted by Gasteiger charge is -2.20. The van der Waals surface area contributed by atoms with E-state index in [0.717, 1.165) is 24.3 Å². The molecule has 0 spiro atoms. The zero-order valence-corrected chi connectivity index (χ0v) is 13.1. The predicted octanol–water partition coefficient (Wildman–Crippen LogP) is 3.39. The number of carbonyl (C=O) groups excluding carboxylic acids is 1. The minimum Gasteiger partial charge on any atom is -0.459 e. The number of rotatable bonds is 6. The molecule has 0 N–H and O–H groups in total. The van der Waals surface area contributed by atoms with E-state index in [1.54, 1.807) is 19.9 Å². The predicted molar refractivity (Wildman–Crippen MR) is 84.8 cm³/mol. The highest BCUT2D eigenvalue weighted by Crippen LogP contribution is 2.17. The van der Waals surface area contributed by atoms with E-state index in [-0.39, 0.29) is 11.7 Å². The summed E-state index contributed by atoms with van der Waals surface area (Å²) in [6.45, 7) is 9.60. The van der Waals surface area contributed by atoms with Gasteiger partial charge in [-0.3, -0.25) is 0 Å². The summed E-state index contributed by atoms with van der Waals surface area (Å²) in [5, 5.41) is 9.06. The minimum absolute atomic E-state index is 0.0132. The maximum atomic E-state index is 11.7. The van der Waals surface area contributed by atoms with Crippen LogP contribution in [0.15, 0.2) is 29.8 Å². The van der Waals surface area contributed by atoms with Gasteiger partial charge in [0, 0.05) is 18.8 Å². The average Bonchev–Trinajstić information content (AvgIpc) is 2.46. The largest absolute Gasteiger partial charge is 0.459 e. The quantitative estimate of drug-likeness (QED) is 0.457. The fraction of sp³-hybridized carbons (Fsp3) is 0.412. The van der Waals surface area contributed by atoms with Crippen molar-refractivity contribution in [2.45, 2.75) is 33.8 Å². The third-order valence-electron chi connectivity index (χ3n) is 3.02. The van der Waals surface area contributed by atoms with Crippen LogP contribution in [-0.4, -0.2) is 25.2 Å². The molecule has 0 unspecified atom stereocenters. The molecule has 0 aliphatic heterocycles. The molecular weight excluding hydrogens is 264 g/mol. The summed E-state index contributed by atoms with van der Waals surface area (Å²) >= 11 is 0. The first-order valence-corrected chi connectivity index (χ1v) is 7.19. The minimum atomic E-state index is -0.583. The van der Waals surface area contributed by atoms with Gasteiger partial charge in [0.25, 0.3) is 0 Å². The Kier molecular flexibility index (Phi) is 6.48. The standard InChI is InChI=1S/C17H22N2O2/c1-5-19(6-2)16-9-7-14(8-10-16)11-15(12-18)17(20)21-13(3)4/h7-11,13H,5-6H2,1-4H3/b15-11+. The Hall–Kier alpha value is -2.28. The van der Waals surface area contributed by atoms with Gasteiger partial charge in [-0.1, -0.05) is 12.1 Å². The molecule has 1 rings (SSSR count). The average molecular weight is 286 g/mol. The summed E-state index contributed by atoms with van der Waals surface area (Å²) in [6.07, 6.45) is 1.32. The van der Waals surface area contributed by atoms with E-state index in [0.29, 0.717) is 0 Å². The van der Waals surface area contributed by atoms with Crippen LogP contribution in [0.1, 0.15) is 33.3 Å². The highest BCUT2D eigenvalue weighted by atomic mass is 16.5. The Morgan fingerprint density at radius 2 is 1.86 bits per heavy atom. The monoisotopic (exact) mass is 286 g/mol. The lowest BCUT2D eigenvalue weighted by molar-refractivity contribution is -0.142. The summed E-state index contributed by atoms with van der Waals surface area (Å²) in [5.41, 5.74) is 1.95. The van der Waals surface area contributed by atoms with Crippen LogP contribution in [0, 0.1) is 11.3 Å². The molecule has 0 radical (unpaired) electrons. The van der Waals surface area contributed by atoms with Crippen molar-refractivity contribution in [1.29, 1.82) is 5.26 Å². The van der Waals surface area contributed by atoms with Crippen LogP contribution in [0.25, 0.3) is 6.08 Å². The molecule has 1 aromatic carbocycles. The molecule has 4 heteroatoms. The number of esters is 1. The first-order chi connectivity index (χ1) is 10.0. The first-order valence-electron chi connectivity index (χ1n) is 7.19. The highest BCUT2D eigenvalue weighted by molar-refractivity contribution is 5.98. The third-order valence-corrected chi connectivity index (χ3v) is 3.02. The summed E-state index contributed by atoms with van der Waals surface area (Å²) in [7, 11) is 0. The number of nitrogens with zero attached hydrogens (tertiary/aromatic N) is 2. The number of nitriles is 1. The summed E-state index contributed by atoms with van der Waals surface area (Å²) in [5.74, 6) is -0.583. The number of ether oxygens (including phenoxy) is 1. The molecule has 4 nitrogen and oxygen atoms in total. The van der Waals surface area contributed by atoms with Crippen LogP contribution in [0.3, 0.4) is 0 Å². The van der Waals surface area contributed by atoms with Gasteiger partial charge in [0.1, 0.15) is 11.6 Å². The number of anilines is 1. The Balaban J connectivity index is 2.93. The molecule has 112 valence electrons. The molecular formula is C17H22N2O2. The van der Waals surface area contributed by atoms with E-state index in [1.807, 2.05) is 30.3 Å². The molecule has 0 aliphatic carbocycles. The van der Waals surface area contributed by atoms with Gasteiger partial charge in [0.2, 0.25) is 0 Å². The molecule has 0 aliphatic rings. The molecule has 0 amide bonds. The molecule has 0 heterocycles. The van der Waals surface area contributed by atoms with Crippen LogP contribution in [-0.2, 0) is 9.53 Å². The van der Waals surface area contributed by atoms with Crippen molar-refractivity contribution in [3.8, 4) is 6.07 Å². The third kappa shape index (κ3) is 4.96. The number of carbonyl (C=O) groups is 1. The second-order valence-electron chi connectivity index (χ2n) is 4.89. The zero-order valence-electron chi connectivity index (χ0n) is 13.1. The van der Waals surface area contributed by atoms with Crippen molar-refractivity contribution in [2.24, 2.45) is 0 Å². The van der Waals surface area contributed by atoms with Gasteiger partial charge >= 0.3 is 5.97 Å². The van der Waals surface area contributed by atoms with Crippen LogP contribution in [0.5, 0.6) is 0 Å². The van der Waals surface area contributed by atoms with E-state index in [4.69, 9.17) is 10.00 Å².